The lowest BCUT2D eigenvalue weighted by molar-refractivity contribution is 0.102. The molecule has 186 valence electrons. The van der Waals surface area contributed by atoms with Gasteiger partial charge in [0.1, 0.15) is 0 Å². The molecule has 3 aromatic rings. The minimum absolute atomic E-state index is 0.0363. The third-order valence-electron chi connectivity index (χ3n) is 5.78. The third kappa shape index (κ3) is 6.31. The molecule has 2 aromatic carbocycles. The van der Waals surface area contributed by atoms with Gasteiger partial charge in [-0.25, -0.2) is 13.1 Å². The first kappa shape index (κ1) is 25.8. The number of nitrogens with zero attached hydrogens (tertiary/aromatic N) is 3. The number of anilines is 2. The zero-order chi connectivity index (χ0) is 25.2. The molecule has 2 atom stereocenters. The maximum atomic E-state index is 12.9. The molecule has 1 aliphatic heterocycles. The minimum Gasteiger partial charge on any atom is -0.371 e. The topological polar surface area (TPSA) is 104 Å². The van der Waals surface area contributed by atoms with Crippen molar-refractivity contribution in [1.82, 2.24) is 14.9 Å². The zero-order valence-electron chi connectivity index (χ0n) is 19.2. The summed E-state index contributed by atoms with van der Waals surface area (Å²) in [6, 6.07) is 11.9. The normalized spacial score (nSPS) is 17.3. The van der Waals surface area contributed by atoms with Crippen LogP contribution in [0.25, 0.3) is 0 Å². The van der Waals surface area contributed by atoms with E-state index in [1.165, 1.54) is 31.0 Å². The van der Waals surface area contributed by atoms with Crippen molar-refractivity contribution in [3.8, 4) is 0 Å². The lowest BCUT2D eigenvalue weighted by Gasteiger charge is -2.33. The number of amides is 1. The van der Waals surface area contributed by atoms with Crippen LogP contribution in [-0.2, 0) is 10.0 Å². The van der Waals surface area contributed by atoms with Crippen molar-refractivity contribution in [1.29, 1.82) is 0 Å². The monoisotopic (exact) mass is 553 g/mol. The number of hydrogen-bond acceptors (Lipinski definition) is 7. The van der Waals surface area contributed by atoms with E-state index in [1.54, 1.807) is 6.92 Å². The number of piperidine rings is 1. The van der Waals surface area contributed by atoms with Gasteiger partial charge >= 0.3 is 0 Å². The molecule has 2 heterocycles. The molecule has 8 nitrogen and oxygen atoms in total. The quantitative estimate of drug-likeness (QED) is 0.381. The fraction of sp³-hybridized carbons (Fsp3) is 0.348. The second-order valence-corrected chi connectivity index (χ2v) is 12.3. The molecule has 35 heavy (non-hydrogen) atoms. The summed E-state index contributed by atoms with van der Waals surface area (Å²) in [5, 5.41) is 10.6. The molecule has 0 radical (unpaired) electrons. The van der Waals surface area contributed by atoms with Gasteiger partial charge in [-0.15, -0.1) is 10.2 Å². The van der Waals surface area contributed by atoms with Crippen molar-refractivity contribution in [2.45, 2.75) is 37.1 Å². The summed E-state index contributed by atoms with van der Waals surface area (Å²) in [5.41, 5.74) is 2.16. The van der Waals surface area contributed by atoms with Crippen LogP contribution in [0.2, 0.25) is 10.0 Å². The van der Waals surface area contributed by atoms with E-state index in [0.717, 1.165) is 35.7 Å². The molecule has 1 aromatic heterocycles. The van der Waals surface area contributed by atoms with Crippen LogP contribution < -0.4 is 14.9 Å². The second-order valence-electron chi connectivity index (χ2n) is 8.58. The van der Waals surface area contributed by atoms with Crippen molar-refractivity contribution in [2.24, 2.45) is 5.92 Å². The van der Waals surface area contributed by atoms with Gasteiger partial charge in [0, 0.05) is 29.8 Å². The Morgan fingerprint density at radius 1 is 1.17 bits per heavy atom. The van der Waals surface area contributed by atoms with Gasteiger partial charge in [0.25, 0.3) is 15.9 Å². The number of aromatic nitrogens is 2. The van der Waals surface area contributed by atoms with Crippen LogP contribution in [0.3, 0.4) is 0 Å². The first-order valence-corrected chi connectivity index (χ1v) is 14.1. The van der Waals surface area contributed by atoms with Crippen LogP contribution in [0.1, 0.15) is 48.7 Å². The molecular formula is C23H25Cl2N5O3S2. The van der Waals surface area contributed by atoms with Crippen molar-refractivity contribution >= 4 is 61.3 Å². The summed E-state index contributed by atoms with van der Waals surface area (Å²) in [7, 11) is -3.95. The van der Waals surface area contributed by atoms with Gasteiger partial charge in [-0.3, -0.25) is 10.1 Å². The molecule has 1 aliphatic rings. The summed E-state index contributed by atoms with van der Waals surface area (Å²) in [5.74, 6) is 0.121. The Bertz CT molecular complexity index is 1310. The molecule has 0 saturated carbocycles. The van der Waals surface area contributed by atoms with Crippen molar-refractivity contribution in [2.75, 3.05) is 23.3 Å². The summed E-state index contributed by atoms with van der Waals surface area (Å²) in [6.07, 6.45) is 2.43. The minimum atomic E-state index is -3.95. The molecule has 0 aliphatic carbocycles. The Balaban J connectivity index is 1.40. The van der Waals surface area contributed by atoms with Crippen LogP contribution in [0.4, 0.5) is 10.8 Å². The maximum Gasteiger partial charge on any atom is 0.270 e. The van der Waals surface area contributed by atoms with E-state index in [2.05, 4.69) is 32.1 Å². The van der Waals surface area contributed by atoms with Gasteiger partial charge in [0.2, 0.25) is 9.47 Å². The Kier molecular flexibility index (Phi) is 7.97. The zero-order valence-corrected chi connectivity index (χ0v) is 22.3. The number of carbonyl (C=O) groups excluding carboxylic acids is 1. The SMILES string of the molecule is CC1CCCN(c2ccc(C(C)NS(=O)(=O)c3nnc(NC(=O)c4ccc(Cl)cc4Cl)s3)cc2)C1. The van der Waals surface area contributed by atoms with Crippen LogP contribution in [-0.4, -0.2) is 37.6 Å². The average Bonchev–Trinajstić information content (AvgIpc) is 3.28. The summed E-state index contributed by atoms with van der Waals surface area (Å²) < 4.78 is 28.1. The maximum absolute atomic E-state index is 12.9. The highest BCUT2D eigenvalue weighted by Gasteiger charge is 2.24. The molecule has 0 bridgehead atoms. The van der Waals surface area contributed by atoms with Gasteiger partial charge in [-0.2, -0.15) is 0 Å². The van der Waals surface area contributed by atoms with E-state index >= 15 is 0 Å². The smallest absolute Gasteiger partial charge is 0.270 e. The molecule has 2 N–H and O–H groups in total. The fourth-order valence-corrected chi connectivity index (χ4v) is 6.59. The van der Waals surface area contributed by atoms with Crippen molar-refractivity contribution in [3.05, 3.63) is 63.6 Å². The highest BCUT2D eigenvalue weighted by molar-refractivity contribution is 7.91. The number of sulfonamides is 1. The van der Waals surface area contributed by atoms with E-state index in [1.807, 2.05) is 24.3 Å². The third-order valence-corrected chi connectivity index (χ3v) is 9.07. The number of halogens is 2. The van der Waals surface area contributed by atoms with Crippen LogP contribution in [0.5, 0.6) is 0 Å². The molecule has 12 heteroatoms. The van der Waals surface area contributed by atoms with E-state index in [9.17, 15) is 13.2 Å². The standard InChI is InChI=1S/C23H25Cl2N5O3S2/c1-14-4-3-11-30(13-14)18-8-5-16(6-9-18)15(2)29-35(32,33)23-28-27-22(34-23)26-21(31)19-10-7-17(24)12-20(19)25/h5-10,12,14-15,29H,3-4,11,13H2,1-2H3,(H,26,27,31). The highest BCUT2D eigenvalue weighted by atomic mass is 35.5. The Labute approximate surface area is 218 Å². The first-order valence-electron chi connectivity index (χ1n) is 11.1. The Hall–Kier alpha value is -2.24. The molecule has 0 spiro atoms. The van der Waals surface area contributed by atoms with Gasteiger partial charge in [-0.1, -0.05) is 53.6 Å². The average molecular weight is 555 g/mol. The number of rotatable bonds is 7. The van der Waals surface area contributed by atoms with Crippen molar-refractivity contribution < 1.29 is 13.2 Å². The number of carbonyl (C=O) groups is 1. The number of hydrogen-bond donors (Lipinski definition) is 2. The lowest BCUT2D eigenvalue weighted by atomic mass is 9.99. The van der Waals surface area contributed by atoms with Gasteiger partial charge in [-0.05, 0) is 61.6 Å². The summed E-state index contributed by atoms with van der Waals surface area (Å²) in [6.45, 7) is 6.09. The van der Waals surface area contributed by atoms with Gasteiger partial charge < -0.3 is 4.90 Å². The number of nitrogens with one attached hydrogen (secondary N) is 2. The predicted molar refractivity (Wildman–Crippen MR) is 140 cm³/mol. The summed E-state index contributed by atoms with van der Waals surface area (Å²) in [4.78, 5) is 14.8. The first-order chi connectivity index (χ1) is 16.6. The molecule has 2 unspecified atom stereocenters. The van der Waals surface area contributed by atoms with Gasteiger partial charge in [0.05, 0.1) is 10.6 Å². The largest absolute Gasteiger partial charge is 0.371 e. The van der Waals surface area contributed by atoms with Crippen LogP contribution in [0.15, 0.2) is 46.8 Å². The van der Waals surface area contributed by atoms with E-state index < -0.39 is 22.0 Å². The van der Waals surface area contributed by atoms with Gasteiger partial charge in [0.15, 0.2) is 0 Å². The van der Waals surface area contributed by atoms with E-state index in [0.29, 0.717) is 10.9 Å². The molecule has 4 rings (SSSR count). The van der Waals surface area contributed by atoms with Crippen LogP contribution >= 0.6 is 34.5 Å². The fourth-order valence-electron chi connectivity index (χ4n) is 3.96. The van der Waals surface area contributed by atoms with Crippen molar-refractivity contribution in [3.63, 3.8) is 0 Å². The molecule has 1 fully saturated rings. The van der Waals surface area contributed by atoms with Crippen LogP contribution in [0, 0.1) is 5.92 Å². The Morgan fingerprint density at radius 2 is 1.91 bits per heavy atom. The van der Waals surface area contributed by atoms with E-state index in [-0.39, 0.29) is 20.1 Å². The molecule has 1 amide bonds. The number of benzene rings is 2. The summed E-state index contributed by atoms with van der Waals surface area (Å²) >= 11 is 12.7. The Morgan fingerprint density at radius 3 is 2.60 bits per heavy atom. The molecule has 1 saturated heterocycles. The highest BCUT2D eigenvalue weighted by Crippen LogP contribution is 2.27. The second kappa shape index (κ2) is 10.8. The van der Waals surface area contributed by atoms with E-state index in [4.69, 9.17) is 23.2 Å². The predicted octanol–water partition coefficient (Wildman–Crippen LogP) is 5.37. The lowest BCUT2D eigenvalue weighted by Crippen LogP contribution is -2.34. The molecular weight excluding hydrogens is 529 g/mol.